The summed E-state index contributed by atoms with van der Waals surface area (Å²) in [4.78, 5) is 0. The largest absolute Gasteiger partial charge is 0.356 e. The Balaban J connectivity index is 1.63. The van der Waals surface area contributed by atoms with Crippen molar-refractivity contribution in [2.24, 2.45) is 0 Å². The molecule has 0 spiro atoms. The van der Waals surface area contributed by atoms with Crippen molar-refractivity contribution in [2.75, 3.05) is 19.6 Å². The van der Waals surface area contributed by atoms with Gasteiger partial charge in [0.2, 0.25) is 0 Å². The number of ether oxygens (including phenoxy) is 1. The summed E-state index contributed by atoms with van der Waals surface area (Å²) in [6, 6.07) is 0.585. The molecule has 14 heavy (non-hydrogen) atoms. The highest BCUT2D eigenvalue weighted by Crippen LogP contribution is 2.30. The van der Waals surface area contributed by atoms with Gasteiger partial charge in [-0.15, -0.1) is 0 Å². The molecule has 0 saturated carbocycles. The minimum absolute atomic E-state index is 0.291. The van der Waals surface area contributed by atoms with Crippen molar-refractivity contribution >= 4 is 0 Å². The lowest BCUT2D eigenvalue weighted by Crippen LogP contribution is -2.73. The van der Waals surface area contributed by atoms with Crippen LogP contribution in [0.15, 0.2) is 0 Å². The van der Waals surface area contributed by atoms with Crippen LogP contribution >= 0.6 is 0 Å². The Kier molecular flexibility index (Phi) is 2.45. The van der Waals surface area contributed by atoms with E-state index in [-0.39, 0.29) is 0 Å². The standard InChI is InChI=1S/C10H19N3O/c1-2-5-12-13(7-3-1)9-8-4-6-11-10(9)14-8/h8-12H,1-7H2. The van der Waals surface area contributed by atoms with E-state index >= 15 is 0 Å². The molecule has 2 bridgehead atoms. The van der Waals surface area contributed by atoms with Crippen LogP contribution in [0.3, 0.4) is 0 Å². The first kappa shape index (κ1) is 9.09. The highest BCUT2D eigenvalue weighted by Gasteiger charge is 2.48. The molecular weight excluding hydrogens is 178 g/mol. The first-order valence-corrected chi connectivity index (χ1v) is 5.84. The van der Waals surface area contributed by atoms with Gasteiger partial charge in [-0.25, -0.2) is 5.01 Å². The lowest BCUT2D eigenvalue weighted by atomic mass is 9.95. The first-order chi connectivity index (χ1) is 6.95. The third-order valence-electron chi connectivity index (χ3n) is 3.54. The first-order valence-electron chi connectivity index (χ1n) is 5.84. The second-order valence-electron chi connectivity index (χ2n) is 4.49. The zero-order valence-electron chi connectivity index (χ0n) is 8.54. The molecule has 3 unspecified atom stereocenters. The Morgan fingerprint density at radius 1 is 1.14 bits per heavy atom. The molecule has 3 atom stereocenters. The van der Waals surface area contributed by atoms with Crippen LogP contribution in [-0.4, -0.2) is 43.0 Å². The maximum absolute atomic E-state index is 5.69. The van der Waals surface area contributed by atoms with Gasteiger partial charge in [-0.3, -0.25) is 10.7 Å². The van der Waals surface area contributed by atoms with E-state index in [1.807, 2.05) is 0 Å². The topological polar surface area (TPSA) is 36.5 Å². The summed E-state index contributed by atoms with van der Waals surface area (Å²) in [7, 11) is 0. The Labute approximate surface area is 84.9 Å². The van der Waals surface area contributed by atoms with Crippen molar-refractivity contribution in [3.05, 3.63) is 0 Å². The SMILES string of the molecule is C1CCNN(C2C3CCNC2O3)CC1. The molecule has 0 radical (unpaired) electrons. The lowest BCUT2D eigenvalue weighted by molar-refractivity contribution is -0.239. The van der Waals surface area contributed by atoms with E-state index in [1.165, 1.54) is 32.2 Å². The Morgan fingerprint density at radius 2 is 2.14 bits per heavy atom. The molecule has 4 heteroatoms. The van der Waals surface area contributed by atoms with Crippen LogP contribution in [0.2, 0.25) is 0 Å². The molecule has 3 fully saturated rings. The summed E-state index contributed by atoms with van der Waals surface area (Å²) in [5.41, 5.74) is 3.53. The van der Waals surface area contributed by atoms with E-state index in [4.69, 9.17) is 4.74 Å². The molecule has 3 saturated heterocycles. The van der Waals surface area contributed by atoms with Gasteiger partial charge in [-0.05, 0) is 19.3 Å². The van der Waals surface area contributed by atoms with Crippen LogP contribution in [0, 0.1) is 0 Å². The van der Waals surface area contributed by atoms with E-state index in [1.54, 1.807) is 0 Å². The van der Waals surface area contributed by atoms with Crippen LogP contribution in [0.1, 0.15) is 25.7 Å². The Hall–Kier alpha value is -0.160. The van der Waals surface area contributed by atoms with Crippen LogP contribution in [0.25, 0.3) is 0 Å². The van der Waals surface area contributed by atoms with Crippen LogP contribution in [-0.2, 0) is 4.74 Å². The second-order valence-corrected chi connectivity index (χ2v) is 4.49. The molecule has 3 heterocycles. The van der Waals surface area contributed by atoms with Gasteiger partial charge in [0, 0.05) is 19.6 Å². The van der Waals surface area contributed by atoms with Gasteiger partial charge in [-0.2, -0.15) is 0 Å². The molecule has 0 aromatic heterocycles. The molecule has 0 amide bonds. The minimum atomic E-state index is 0.291. The van der Waals surface area contributed by atoms with E-state index in [9.17, 15) is 0 Å². The lowest BCUT2D eigenvalue weighted by Gasteiger charge is -2.53. The third kappa shape index (κ3) is 1.46. The Bertz CT molecular complexity index is 190. The van der Waals surface area contributed by atoms with Crippen molar-refractivity contribution in [3.8, 4) is 0 Å². The molecule has 2 N–H and O–H groups in total. The monoisotopic (exact) mass is 197 g/mol. The van der Waals surface area contributed by atoms with Gasteiger partial charge in [-0.1, -0.05) is 6.42 Å². The smallest absolute Gasteiger partial charge is 0.128 e. The van der Waals surface area contributed by atoms with Gasteiger partial charge in [0.25, 0.3) is 0 Å². The maximum Gasteiger partial charge on any atom is 0.128 e. The fourth-order valence-corrected chi connectivity index (χ4v) is 2.73. The molecule has 4 nitrogen and oxygen atoms in total. The molecule has 0 aromatic rings. The zero-order valence-corrected chi connectivity index (χ0v) is 8.54. The molecule has 3 rings (SSSR count). The molecule has 3 aliphatic heterocycles. The van der Waals surface area contributed by atoms with Gasteiger partial charge >= 0.3 is 0 Å². The quantitative estimate of drug-likeness (QED) is 0.623. The predicted molar refractivity (Wildman–Crippen MR) is 53.6 cm³/mol. The average molecular weight is 197 g/mol. The maximum atomic E-state index is 5.69. The Morgan fingerprint density at radius 3 is 2.93 bits per heavy atom. The van der Waals surface area contributed by atoms with Crippen LogP contribution in [0.5, 0.6) is 0 Å². The van der Waals surface area contributed by atoms with E-state index in [0.717, 1.165) is 13.1 Å². The average Bonchev–Trinajstić information content (AvgIpc) is 2.48. The minimum Gasteiger partial charge on any atom is -0.356 e. The highest BCUT2D eigenvalue weighted by atomic mass is 16.5. The summed E-state index contributed by atoms with van der Waals surface area (Å²) >= 11 is 0. The van der Waals surface area contributed by atoms with E-state index in [2.05, 4.69) is 15.8 Å². The van der Waals surface area contributed by atoms with E-state index < -0.39 is 0 Å². The second kappa shape index (κ2) is 3.77. The molecule has 0 aliphatic carbocycles. The molecular formula is C10H19N3O. The fraction of sp³-hybridized carbons (Fsp3) is 1.00. The molecule has 3 aliphatic rings. The number of hydrogen-bond donors (Lipinski definition) is 2. The number of nitrogens with one attached hydrogen (secondary N) is 2. The number of piperidine rings is 1. The summed E-state index contributed by atoms with van der Waals surface area (Å²) in [5.74, 6) is 0. The summed E-state index contributed by atoms with van der Waals surface area (Å²) in [6.45, 7) is 3.44. The highest BCUT2D eigenvalue weighted by molar-refractivity contribution is 4.98. The van der Waals surface area contributed by atoms with E-state index in [0.29, 0.717) is 18.4 Å². The molecule has 80 valence electrons. The number of nitrogens with zero attached hydrogens (tertiary/aromatic N) is 1. The van der Waals surface area contributed by atoms with Crippen molar-refractivity contribution in [1.29, 1.82) is 0 Å². The van der Waals surface area contributed by atoms with Crippen molar-refractivity contribution in [1.82, 2.24) is 15.8 Å². The predicted octanol–water partition coefficient (Wildman–Crippen LogP) is 0.0637. The van der Waals surface area contributed by atoms with Crippen molar-refractivity contribution in [3.63, 3.8) is 0 Å². The summed E-state index contributed by atoms with van der Waals surface area (Å²) in [5, 5.41) is 5.83. The number of rotatable bonds is 1. The van der Waals surface area contributed by atoms with Gasteiger partial charge in [0.05, 0.1) is 12.1 Å². The van der Waals surface area contributed by atoms with Gasteiger partial charge in [0.1, 0.15) is 6.23 Å². The number of hydrogen-bond acceptors (Lipinski definition) is 4. The van der Waals surface area contributed by atoms with Crippen LogP contribution in [0.4, 0.5) is 0 Å². The summed E-state index contributed by atoms with van der Waals surface area (Å²) < 4.78 is 5.69. The fourth-order valence-electron chi connectivity index (χ4n) is 2.73. The van der Waals surface area contributed by atoms with Crippen molar-refractivity contribution in [2.45, 2.75) is 44.1 Å². The van der Waals surface area contributed by atoms with Gasteiger partial charge in [0.15, 0.2) is 0 Å². The van der Waals surface area contributed by atoms with Crippen molar-refractivity contribution < 1.29 is 4.74 Å². The number of hydrazine groups is 1. The van der Waals surface area contributed by atoms with Gasteiger partial charge < -0.3 is 4.74 Å². The normalized spacial score (nSPS) is 44.1. The molecule has 0 aromatic carbocycles. The third-order valence-corrected chi connectivity index (χ3v) is 3.54. The summed E-state index contributed by atoms with van der Waals surface area (Å²) in [6.07, 6.45) is 5.93. The number of fused-ring (bicyclic) bond motifs is 2. The van der Waals surface area contributed by atoms with Crippen LogP contribution < -0.4 is 10.7 Å². The zero-order chi connectivity index (χ0) is 9.38.